The summed E-state index contributed by atoms with van der Waals surface area (Å²) in [6, 6.07) is 0.265. The Hall–Kier alpha value is -0.460. The van der Waals surface area contributed by atoms with Gasteiger partial charge in [-0.1, -0.05) is 12.8 Å². The molecule has 0 unspecified atom stereocenters. The quantitative estimate of drug-likeness (QED) is 0.743. The number of hydrogen-bond donors (Lipinski definition) is 2. The van der Waals surface area contributed by atoms with Crippen molar-refractivity contribution < 1.29 is 9.59 Å². The first-order valence-corrected chi connectivity index (χ1v) is 11.7. The molecule has 0 aromatic carbocycles. The van der Waals surface area contributed by atoms with Gasteiger partial charge >= 0.3 is 0 Å². The van der Waals surface area contributed by atoms with E-state index in [1.807, 2.05) is 11.8 Å². The van der Waals surface area contributed by atoms with Crippen LogP contribution in [0.15, 0.2) is 0 Å². The summed E-state index contributed by atoms with van der Waals surface area (Å²) in [5.74, 6) is 3.50. The zero-order chi connectivity index (χ0) is 18.0. The minimum atomic E-state index is -0.156. The molecule has 0 aromatic heterocycles. The molecule has 2 amide bonds. The molecule has 0 radical (unpaired) electrons. The zero-order valence-corrected chi connectivity index (χ0v) is 17.8. The molecule has 0 spiro atoms. The van der Waals surface area contributed by atoms with Crippen LogP contribution in [0.4, 0.5) is 0 Å². The first kappa shape index (κ1) is 21.3. The largest absolute Gasteiger partial charge is 0.353 e. The highest BCUT2D eigenvalue weighted by atomic mass is 35.5. The van der Waals surface area contributed by atoms with Gasteiger partial charge in [-0.15, -0.1) is 12.4 Å². The Balaban J connectivity index is 0.00000210. The third-order valence-electron chi connectivity index (χ3n) is 7.22. The average molecular weight is 416 g/mol. The summed E-state index contributed by atoms with van der Waals surface area (Å²) in [7, 11) is 0. The molecule has 154 valence electrons. The molecule has 2 atom stereocenters. The fourth-order valence-electron chi connectivity index (χ4n) is 5.55. The van der Waals surface area contributed by atoms with Crippen molar-refractivity contribution in [2.75, 3.05) is 37.7 Å². The highest BCUT2D eigenvalue weighted by molar-refractivity contribution is 7.99. The second kappa shape index (κ2) is 9.36. The van der Waals surface area contributed by atoms with Gasteiger partial charge in [0, 0.05) is 43.1 Å². The maximum Gasteiger partial charge on any atom is 0.228 e. The second-order valence-electron chi connectivity index (χ2n) is 8.69. The van der Waals surface area contributed by atoms with Gasteiger partial charge in [-0.05, 0) is 51.0 Å². The number of halogens is 1. The van der Waals surface area contributed by atoms with E-state index in [0.29, 0.717) is 11.8 Å². The molecule has 2 heterocycles. The summed E-state index contributed by atoms with van der Waals surface area (Å²) in [6.45, 7) is 3.68. The molecular weight excluding hydrogens is 382 g/mol. The number of amides is 2. The summed E-state index contributed by atoms with van der Waals surface area (Å²) in [6.07, 6.45) is 8.46. The number of nitrogens with one attached hydrogen (secondary N) is 2. The first-order chi connectivity index (χ1) is 12.7. The van der Waals surface area contributed by atoms with Crippen LogP contribution in [0.25, 0.3) is 0 Å². The van der Waals surface area contributed by atoms with E-state index in [4.69, 9.17) is 0 Å². The van der Waals surface area contributed by atoms with Gasteiger partial charge in [0.25, 0.3) is 0 Å². The van der Waals surface area contributed by atoms with E-state index < -0.39 is 0 Å². The highest BCUT2D eigenvalue weighted by Gasteiger charge is 2.50. The predicted octanol–water partition coefficient (Wildman–Crippen LogP) is 2.44. The van der Waals surface area contributed by atoms with Crippen molar-refractivity contribution in [3.8, 4) is 0 Å². The number of thioether (sulfide) groups is 1. The molecule has 2 N–H and O–H groups in total. The molecule has 2 aliphatic carbocycles. The van der Waals surface area contributed by atoms with Crippen LogP contribution in [0.2, 0.25) is 0 Å². The fourth-order valence-corrected chi connectivity index (χ4v) is 6.45. The topological polar surface area (TPSA) is 61.4 Å². The number of rotatable bonds is 3. The Kier molecular flexibility index (Phi) is 7.37. The van der Waals surface area contributed by atoms with E-state index in [9.17, 15) is 9.59 Å². The molecule has 2 aliphatic heterocycles. The number of nitrogens with zero attached hydrogens (tertiary/aromatic N) is 1. The van der Waals surface area contributed by atoms with Crippen molar-refractivity contribution >= 4 is 36.0 Å². The van der Waals surface area contributed by atoms with Gasteiger partial charge in [0.1, 0.15) is 0 Å². The van der Waals surface area contributed by atoms with Gasteiger partial charge < -0.3 is 15.5 Å². The Morgan fingerprint density at radius 2 is 1.78 bits per heavy atom. The molecule has 4 rings (SSSR count). The SMILES string of the molecule is Cl.O=C(C1CCC(NC(=O)[C@@]23CCCC[C@H]2CNC3)CC1)N1CCSCC1. The van der Waals surface area contributed by atoms with Crippen molar-refractivity contribution in [3.05, 3.63) is 0 Å². The molecule has 7 heteroatoms. The molecule has 4 aliphatic rings. The second-order valence-corrected chi connectivity index (χ2v) is 9.91. The molecule has 4 fully saturated rings. The number of hydrogen-bond acceptors (Lipinski definition) is 4. The molecule has 0 aromatic rings. The number of carbonyl (C=O) groups is 2. The van der Waals surface area contributed by atoms with E-state index in [2.05, 4.69) is 15.5 Å². The van der Waals surface area contributed by atoms with Gasteiger partial charge in [-0.3, -0.25) is 9.59 Å². The van der Waals surface area contributed by atoms with Crippen molar-refractivity contribution in [1.82, 2.24) is 15.5 Å². The van der Waals surface area contributed by atoms with Crippen molar-refractivity contribution in [3.63, 3.8) is 0 Å². The lowest BCUT2D eigenvalue weighted by Gasteiger charge is -2.39. The van der Waals surface area contributed by atoms with Crippen molar-refractivity contribution in [2.24, 2.45) is 17.3 Å². The third-order valence-corrected chi connectivity index (χ3v) is 8.17. The highest BCUT2D eigenvalue weighted by Crippen LogP contribution is 2.44. The summed E-state index contributed by atoms with van der Waals surface area (Å²) in [5, 5.41) is 6.85. The standard InChI is InChI=1S/C20H33N3O2S.ClH/c24-18(23-9-11-26-12-10-23)15-4-6-17(7-5-15)22-19(25)20-8-2-1-3-16(20)13-21-14-20;/h15-17,21H,1-14H2,(H,22,25);1H/t15?,16-,17?,20+;/m0./s1. The maximum atomic E-state index is 13.1. The number of carbonyl (C=O) groups excluding carboxylic acids is 2. The van der Waals surface area contributed by atoms with Gasteiger partial charge in [-0.2, -0.15) is 11.8 Å². The van der Waals surface area contributed by atoms with Crippen LogP contribution < -0.4 is 10.6 Å². The Morgan fingerprint density at radius 1 is 1.04 bits per heavy atom. The molecule has 2 saturated heterocycles. The molecule has 0 bridgehead atoms. The normalized spacial score (nSPS) is 36.4. The van der Waals surface area contributed by atoms with Crippen LogP contribution in [0.1, 0.15) is 51.4 Å². The van der Waals surface area contributed by atoms with Gasteiger partial charge in [0.2, 0.25) is 11.8 Å². The lowest BCUT2D eigenvalue weighted by molar-refractivity contribution is -0.136. The predicted molar refractivity (Wildman–Crippen MR) is 112 cm³/mol. The monoisotopic (exact) mass is 415 g/mol. The van der Waals surface area contributed by atoms with Crippen LogP contribution in [-0.4, -0.2) is 60.4 Å². The summed E-state index contributed by atoms with van der Waals surface area (Å²) >= 11 is 1.94. The van der Waals surface area contributed by atoms with Crippen LogP contribution in [0.5, 0.6) is 0 Å². The van der Waals surface area contributed by atoms with E-state index in [1.165, 1.54) is 19.3 Å². The van der Waals surface area contributed by atoms with E-state index >= 15 is 0 Å². The maximum absolute atomic E-state index is 13.1. The van der Waals surface area contributed by atoms with Crippen LogP contribution in [0, 0.1) is 17.3 Å². The summed E-state index contributed by atoms with van der Waals surface area (Å²) < 4.78 is 0. The lowest BCUT2D eigenvalue weighted by Crippen LogP contribution is -2.52. The lowest BCUT2D eigenvalue weighted by atomic mass is 9.67. The van der Waals surface area contributed by atoms with E-state index in [0.717, 1.165) is 69.8 Å². The molecule has 27 heavy (non-hydrogen) atoms. The van der Waals surface area contributed by atoms with Crippen LogP contribution in [-0.2, 0) is 9.59 Å². The Labute approximate surface area is 173 Å². The van der Waals surface area contributed by atoms with E-state index in [-0.39, 0.29) is 35.7 Å². The van der Waals surface area contributed by atoms with Gasteiger partial charge in [-0.25, -0.2) is 0 Å². The fraction of sp³-hybridized carbons (Fsp3) is 0.900. The number of fused-ring (bicyclic) bond motifs is 1. The van der Waals surface area contributed by atoms with Gasteiger partial charge in [0.15, 0.2) is 0 Å². The van der Waals surface area contributed by atoms with Gasteiger partial charge in [0.05, 0.1) is 5.41 Å². The minimum Gasteiger partial charge on any atom is -0.353 e. The first-order valence-electron chi connectivity index (χ1n) is 10.6. The van der Waals surface area contributed by atoms with Crippen LogP contribution >= 0.6 is 24.2 Å². The van der Waals surface area contributed by atoms with Crippen molar-refractivity contribution in [1.29, 1.82) is 0 Å². The summed E-state index contributed by atoms with van der Waals surface area (Å²) in [4.78, 5) is 27.9. The zero-order valence-electron chi connectivity index (χ0n) is 16.2. The summed E-state index contributed by atoms with van der Waals surface area (Å²) in [5.41, 5.74) is -0.156. The molecule has 2 saturated carbocycles. The van der Waals surface area contributed by atoms with Crippen LogP contribution in [0.3, 0.4) is 0 Å². The Morgan fingerprint density at radius 3 is 2.52 bits per heavy atom. The minimum absolute atomic E-state index is 0. The van der Waals surface area contributed by atoms with E-state index in [1.54, 1.807) is 0 Å². The van der Waals surface area contributed by atoms with Crippen molar-refractivity contribution in [2.45, 2.75) is 57.4 Å². The average Bonchev–Trinajstić information content (AvgIpc) is 3.14. The third kappa shape index (κ3) is 4.43. The molecule has 5 nitrogen and oxygen atoms in total. The smallest absolute Gasteiger partial charge is 0.228 e. The Bertz CT molecular complexity index is 535. The molecular formula is C20H34ClN3O2S.